The molecule has 2 atom stereocenters. The molecule has 6 heteroatoms. The molecule has 0 spiro atoms. The number of nitrogens with one attached hydrogen (secondary N) is 1. The predicted octanol–water partition coefficient (Wildman–Crippen LogP) is 2.30. The number of rotatable bonds is 6. The molecule has 0 aliphatic carbocycles. The van der Waals surface area contributed by atoms with Crippen molar-refractivity contribution >= 4 is 11.8 Å². The van der Waals surface area contributed by atoms with E-state index in [1.54, 1.807) is 0 Å². The number of hydrogen-bond acceptors (Lipinski definition) is 3. The Morgan fingerprint density at radius 1 is 1.38 bits per heavy atom. The van der Waals surface area contributed by atoms with E-state index in [0.717, 1.165) is 17.9 Å². The van der Waals surface area contributed by atoms with E-state index in [9.17, 15) is 13.2 Å². The smallest absolute Gasteiger partial charge is 0.372 e. The predicted molar refractivity (Wildman–Crippen MR) is 59.8 cm³/mol. The lowest BCUT2D eigenvalue weighted by atomic mass is 9.98. The van der Waals surface area contributed by atoms with Crippen molar-refractivity contribution in [3.8, 4) is 0 Å². The lowest BCUT2D eigenvalue weighted by molar-refractivity contribution is -0.174. The van der Waals surface area contributed by atoms with E-state index in [0.29, 0.717) is 18.4 Å². The first kappa shape index (κ1) is 14.1. The first-order chi connectivity index (χ1) is 7.53. The maximum Gasteiger partial charge on any atom is 0.411 e. The van der Waals surface area contributed by atoms with Crippen LogP contribution in [0, 0.1) is 5.92 Å². The van der Waals surface area contributed by atoms with Crippen LogP contribution in [0.5, 0.6) is 0 Å². The fourth-order valence-corrected chi connectivity index (χ4v) is 3.37. The standard InChI is InChI=1S/C10H18F3NOS/c1-14-9-6-16-5-8(9)3-2-4-15-7-10(11,12)13/h8-9,14H,2-7H2,1H3. The maximum atomic E-state index is 11.8. The third kappa shape index (κ3) is 5.41. The fourth-order valence-electron chi connectivity index (χ4n) is 1.84. The summed E-state index contributed by atoms with van der Waals surface area (Å²) in [6.45, 7) is -0.918. The molecule has 1 saturated heterocycles. The number of alkyl halides is 3. The van der Waals surface area contributed by atoms with Crippen LogP contribution < -0.4 is 5.32 Å². The van der Waals surface area contributed by atoms with Gasteiger partial charge in [0, 0.05) is 18.4 Å². The third-order valence-electron chi connectivity index (χ3n) is 2.70. The molecule has 1 fully saturated rings. The molecule has 96 valence electrons. The minimum absolute atomic E-state index is 0.205. The topological polar surface area (TPSA) is 21.3 Å². The zero-order valence-electron chi connectivity index (χ0n) is 9.35. The molecule has 2 unspecified atom stereocenters. The molecule has 0 aromatic heterocycles. The summed E-state index contributed by atoms with van der Waals surface area (Å²) in [5, 5.41) is 3.24. The van der Waals surface area contributed by atoms with E-state index in [2.05, 4.69) is 10.1 Å². The lowest BCUT2D eigenvalue weighted by Gasteiger charge is -2.17. The van der Waals surface area contributed by atoms with Crippen LogP contribution in [-0.2, 0) is 4.74 Å². The van der Waals surface area contributed by atoms with Crippen molar-refractivity contribution in [2.75, 3.05) is 31.8 Å². The van der Waals surface area contributed by atoms with Crippen LogP contribution in [0.2, 0.25) is 0 Å². The molecule has 0 aromatic carbocycles. The molecule has 1 N–H and O–H groups in total. The Balaban J connectivity index is 2.03. The van der Waals surface area contributed by atoms with E-state index in [1.165, 1.54) is 0 Å². The molecule has 0 bridgehead atoms. The van der Waals surface area contributed by atoms with Gasteiger partial charge < -0.3 is 10.1 Å². The Kier molecular flexibility index (Phi) is 5.92. The van der Waals surface area contributed by atoms with Crippen LogP contribution in [0.3, 0.4) is 0 Å². The van der Waals surface area contributed by atoms with Gasteiger partial charge in [0.25, 0.3) is 0 Å². The summed E-state index contributed by atoms with van der Waals surface area (Å²) in [4.78, 5) is 0. The van der Waals surface area contributed by atoms with Crippen LogP contribution in [0.4, 0.5) is 13.2 Å². The SMILES string of the molecule is CNC1CSCC1CCCOCC(F)(F)F. The zero-order chi connectivity index (χ0) is 12.0. The van der Waals surface area contributed by atoms with Crippen molar-refractivity contribution < 1.29 is 17.9 Å². The van der Waals surface area contributed by atoms with E-state index in [-0.39, 0.29) is 6.61 Å². The summed E-state index contributed by atoms with van der Waals surface area (Å²) in [5.41, 5.74) is 0. The highest BCUT2D eigenvalue weighted by Gasteiger charge is 2.28. The zero-order valence-corrected chi connectivity index (χ0v) is 10.2. The van der Waals surface area contributed by atoms with Gasteiger partial charge in [0.15, 0.2) is 0 Å². The highest BCUT2D eigenvalue weighted by Crippen LogP contribution is 2.27. The molecule has 0 aromatic rings. The van der Waals surface area contributed by atoms with Crippen LogP contribution >= 0.6 is 11.8 Å². The van der Waals surface area contributed by atoms with Crippen molar-refractivity contribution in [2.24, 2.45) is 5.92 Å². The second kappa shape index (κ2) is 6.71. The molecule has 2 nitrogen and oxygen atoms in total. The second-order valence-electron chi connectivity index (χ2n) is 4.00. The summed E-state index contributed by atoms with van der Waals surface area (Å²) in [5.74, 6) is 2.78. The van der Waals surface area contributed by atoms with Crippen molar-refractivity contribution in [1.82, 2.24) is 5.32 Å². The molecule has 1 aliphatic heterocycles. The van der Waals surface area contributed by atoms with Gasteiger partial charge >= 0.3 is 6.18 Å². The quantitative estimate of drug-likeness (QED) is 0.738. The number of thioether (sulfide) groups is 1. The summed E-state index contributed by atoms with van der Waals surface area (Å²) in [6.07, 6.45) is -2.55. The van der Waals surface area contributed by atoms with Crippen LogP contribution in [0.1, 0.15) is 12.8 Å². The van der Waals surface area contributed by atoms with Crippen molar-refractivity contribution in [3.63, 3.8) is 0 Å². The molecule has 16 heavy (non-hydrogen) atoms. The van der Waals surface area contributed by atoms with E-state index >= 15 is 0 Å². The highest BCUT2D eigenvalue weighted by atomic mass is 32.2. The largest absolute Gasteiger partial charge is 0.411 e. The highest BCUT2D eigenvalue weighted by molar-refractivity contribution is 7.99. The van der Waals surface area contributed by atoms with Gasteiger partial charge in [-0.05, 0) is 31.6 Å². The Bertz CT molecular complexity index is 201. The van der Waals surface area contributed by atoms with Gasteiger partial charge in [0.05, 0.1) is 0 Å². The van der Waals surface area contributed by atoms with Crippen molar-refractivity contribution in [2.45, 2.75) is 25.1 Å². The Morgan fingerprint density at radius 3 is 2.75 bits per heavy atom. The molecule has 1 heterocycles. The summed E-state index contributed by atoms with van der Waals surface area (Å²) >= 11 is 1.90. The van der Waals surface area contributed by atoms with Gasteiger partial charge in [-0.15, -0.1) is 0 Å². The number of ether oxygens (including phenoxy) is 1. The summed E-state index contributed by atoms with van der Waals surface area (Å²) < 4.78 is 39.9. The normalized spacial score (nSPS) is 26.2. The Hall–Kier alpha value is 0.0600. The molecule has 0 radical (unpaired) electrons. The van der Waals surface area contributed by atoms with E-state index < -0.39 is 12.8 Å². The van der Waals surface area contributed by atoms with Gasteiger partial charge in [-0.1, -0.05) is 0 Å². The van der Waals surface area contributed by atoms with Gasteiger partial charge in [-0.3, -0.25) is 0 Å². The number of halogens is 3. The minimum Gasteiger partial charge on any atom is -0.372 e. The molecule has 0 amide bonds. The Labute approximate surface area is 98.3 Å². The Morgan fingerprint density at radius 2 is 2.12 bits per heavy atom. The van der Waals surface area contributed by atoms with Crippen molar-refractivity contribution in [1.29, 1.82) is 0 Å². The van der Waals surface area contributed by atoms with Crippen LogP contribution in [0.15, 0.2) is 0 Å². The average Bonchev–Trinajstić information content (AvgIpc) is 2.63. The van der Waals surface area contributed by atoms with Gasteiger partial charge in [0.2, 0.25) is 0 Å². The van der Waals surface area contributed by atoms with E-state index in [1.807, 2.05) is 18.8 Å². The number of hydrogen-bond donors (Lipinski definition) is 1. The van der Waals surface area contributed by atoms with Crippen LogP contribution in [0.25, 0.3) is 0 Å². The monoisotopic (exact) mass is 257 g/mol. The second-order valence-corrected chi connectivity index (χ2v) is 5.08. The summed E-state index contributed by atoms with van der Waals surface area (Å²) in [7, 11) is 1.93. The molecular formula is C10H18F3NOS. The lowest BCUT2D eigenvalue weighted by Crippen LogP contribution is -2.32. The van der Waals surface area contributed by atoms with E-state index in [4.69, 9.17) is 0 Å². The van der Waals surface area contributed by atoms with Crippen LogP contribution in [-0.4, -0.2) is 44.0 Å². The van der Waals surface area contributed by atoms with Gasteiger partial charge in [-0.2, -0.15) is 24.9 Å². The first-order valence-corrected chi connectivity index (χ1v) is 6.58. The third-order valence-corrected chi connectivity index (χ3v) is 3.96. The molecule has 1 aliphatic rings. The first-order valence-electron chi connectivity index (χ1n) is 5.42. The fraction of sp³-hybridized carbons (Fsp3) is 1.00. The minimum atomic E-state index is -4.20. The molecular weight excluding hydrogens is 239 g/mol. The van der Waals surface area contributed by atoms with Crippen molar-refractivity contribution in [3.05, 3.63) is 0 Å². The molecule has 1 rings (SSSR count). The van der Waals surface area contributed by atoms with Gasteiger partial charge in [0.1, 0.15) is 6.61 Å². The molecule has 0 saturated carbocycles. The average molecular weight is 257 g/mol. The maximum absolute atomic E-state index is 11.8. The van der Waals surface area contributed by atoms with Gasteiger partial charge in [-0.25, -0.2) is 0 Å². The summed E-state index contributed by atoms with van der Waals surface area (Å²) in [6, 6.07) is 0.507.